The Kier molecular flexibility index (Phi) is 4.17. The first-order valence-corrected chi connectivity index (χ1v) is 8.22. The number of ether oxygens (including phenoxy) is 2. The van der Waals surface area contributed by atoms with Crippen LogP contribution in [-0.2, 0) is 6.54 Å². The fourth-order valence-corrected chi connectivity index (χ4v) is 3.11. The first-order chi connectivity index (χ1) is 11.9. The van der Waals surface area contributed by atoms with E-state index in [-0.39, 0.29) is 6.04 Å². The SMILES string of the molecule is c1ccc(C([NH2+]Cc2ccc3c(c2)OCO3)c2ccccc2)cc1. The van der Waals surface area contributed by atoms with Gasteiger partial charge in [0.15, 0.2) is 11.5 Å². The molecule has 3 aromatic carbocycles. The third-order valence-electron chi connectivity index (χ3n) is 4.34. The van der Waals surface area contributed by atoms with Crippen molar-refractivity contribution in [3.63, 3.8) is 0 Å². The highest BCUT2D eigenvalue weighted by atomic mass is 16.7. The third-order valence-corrected chi connectivity index (χ3v) is 4.34. The van der Waals surface area contributed by atoms with Gasteiger partial charge < -0.3 is 14.8 Å². The summed E-state index contributed by atoms with van der Waals surface area (Å²) >= 11 is 0. The number of fused-ring (bicyclic) bond motifs is 1. The van der Waals surface area contributed by atoms with Crippen molar-refractivity contribution in [1.29, 1.82) is 0 Å². The highest BCUT2D eigenvalue weighted by molar-refractivity contribution is 5.44. The van der Waals surface area contributed by atoms with Crippen LogP contribution in [0.1, 0.15) is 22.7 Å². The Balaban J connectivity index is 1.56. The number of benzene rings is 3. The second-order valence-corrected chi connectivity index (χ2v) is 5.93. The summed E-state index contributed by atoms with van der Waals surface area (Å²) in [5.41, 5.74) is 3.85. The van der Waals surface area contributed by atoms with Crippen LogP contribution in [0.25, 0.3) is 0 Å². The summed E-state index contributed by atoms with van der Waals surface area (Å²) in [5, 5.41) is 2.36. The minimum absolute atomic E-state index is 0.276. The van der Waals surface area contributed by atoms with E-state index >= 15 is 0 Å². The number of nitrogens with two attached hydrogens (primary N) is 1. The summed E-state index contributed by atoms with van der Waals surface area (Å²) in [7, 11) is 0. The van der Waals surface area contributed by atoms with Gasteiger partial charge in [0.1, 0.15) is 12.6 Å². The Morgan fingerprint density at radius 3 is 2.04 bits per heavy atom. The summed E-state index contributed by atoms with van der Waals surface area (Å²) in [6, 6.07) is 27.7. The summed E-state index contributed by atoms with van der Waals surface area (Å²) in [4.78, 5) is 0. The molecule has 1 aliphatic rings. The molecule has 0 radical (unpaired) electrons. The summed E-state index contributed by atoms with van der Waals surface area (Å²) in [6.45, 7) is 1.20. The molecule has 0 saturated carbocycles. The van der Waals surface area contributed by atoms with E-state index in [1.165, 1.54) is 16.7 Å². The van der Waals surface area contributed by atoms with Gasteiger partial charge in [-0.25, -0.2) is 0 Å². The molecule has 120 valence electrons. The second kappa shape index (κ2) is 6.77. The van der Waals surface area contributed by atoms with Crippen molar-refractivity contribution in [2.24, 2.45) is 0 Å². The van der Waals surface area contributed by atoms with E-state index in [0.717, 1.165) is 18.0 Å². The molecule has 0 aliphatic carbocycles. The van der Waals surface area contributed by atoms with Crippen LogP contribution in [0.5, 0.6) is 11.5 Å². The minimum Gasteiger partial charge on any atom is -0.454 e. The number of quaternary nitrogens is 1. The Morgan fingerprint density at radius 2 is 1.38 bits per heavy atom. The average molecular weight is 318 g/mol. The van der Waals surface area contributed by atoms with Crippen molar-refractivity contribution >= 4 is 0 Å². The van der Waals surface area contributed by atoms with E-state index in [1.54, 1.807) is 0 Å². The van der Waals surface area contributed by atoms with Gasteiger partial charge in [0.25, 0.3) is 0 Å². The van der Waals surface area contributed by atoms with Gasteiger partial charge in [-0.1, -0.05) is 60.7 Å². The van der Waals surface area contributed by atoms with E-state index in [9.17, 15) is 0 Å². The zero-order chi connectivity index (χ0) is 16.2. The predicted molar refractivity (Wildman–Crippen MR) is 92.9 cm³/mol. The van der Waals surface area contributed by atoms with E-state index < -0.39 is 0 Å². The molecule has 1 aliphatic heterocycles. The van der Waals surface area contributed by atoms with Crippen LogP contribution >= 0.6 is 0 Å². The van der Waals surface area contributed by atoms with Crippen molar-refractivity contribution in [2.75, 3.05) is 6.79 Å². The lowest BCUT2D eigenvalue weighted by molar-refractivity contribution is -0.702. The molecule has 3 aromatic rings. The van der Waals surface area contributed by atoms with Gasteiger partial charge in [-0.05, 0) is 18.2 Å². The summed E-state index contributed by atoms with van der Waals surface area (Å²) in [6.07, 6.45) is 0. The first-order valence-electron chi connectivity index (χ1n) is 8.22. The van der Waals surface area contributed by atoms with Crippen LogP contribution in [0.3, 0.4) is 0 Å². The van der Waals surface area contributed by atoms with Crippen LogP contribution in [0.4, 0.5) is 0 Å². The number of hydrogen-bond donors (Lipinski definition) is 1. The van der Waals surface area contributed by atoms with E-state index in [4.69, 9.17) is 9.47 Å². The molecule has 0 bridgehead atoms. The minimum atomic E-state index is 0.276. The maximum absolute atomic E-state index is 5.48. The highest BCUT2D eigenvalue weighted by Crippen LogP contribution is 2.32. The lowest BCUT2D eigenvalue weighted by Gasteiger charge is -2.17. The molecule has 3 heteroatoms. The lowest BCUT2D eigenvalue weighted by Crippen LogP contribution is -2.83. The van der Waals surface area contributed by atoms with Gasteiger partial charge >= 0.3 is 0 Å². The maximum Gasteiger partial charge on any atom is 0.231 e. The normalized spacial score (nSPS) is 12.5. The van der Waals surface area contributed by atoms with Crippen LogP contribution in [0.15, 0.2) is 78.9 Å². The molecular weight excluding hydrogens is 298 g/mol. The average Bonchev–Trinajstić information content (AvgIpc) is 3.11. The fraction of sp³-hybridized carbons (Fsp3) is 0.143. The van der Waals surface area contributed by atoms with Gasteiger partial charge in [0, 0.05) is 16.7 Å². The fourth-order valence-electron chi connectivity index (χ4n) is 3.11. The molecule has 0 unspecified atom stereocenters. The molecule has 0 fully saturated rings. The predicted octanol–water partition coefficient (Wildman–Crippen LogP) is 3.27. The van der Waals surface area contributed by atoms with E-state index in [1.807, 2.05) is 6.07 Å². The molecule has 1 heterocycles. The number of rotatable bonds is 5. The third kappa shape index (κ3) is 3.12. The number of hydrogen-bond acceptors (Lipinski definition) is 2. The van der Waals surface area contributed by atoms with Gasteiger partial charge in [0.05, 0.1) is 0 Å². The lowest BCUT2D eigenvalue weighted by atomic mass is 9.98. The Morgan fingerprint density at radius 1 is 0.750 bits per heavy atom. The molecule has 0 aromatic heterocycles. The van der Waals surface area contributed by atoms with Crippen LogP contribution in [-0.4, -0.2) is 6.79 Å². The van der Waals surface area contributed by atoms with Crippen molar-refractivity contribution < 1.29 is 14.8 Å². The largest absolute Gasteiger partial charge is 0.454 e. The second-order valence-electron chi connectivity index (χ2n) is 5.93. The van der Waals surface area contributed by atoms with Gasteiger partial charge in [-0.2, -0.15) is 0 Å². The molecule has 0 spiro atoms. The molecule has 0 amide bonds. The molecule has 0 saturated heterocycles. The van der Waals surface area contributed by atoms with Gasteiger partial charge in [-0.3, -0.25) is 0 Å². The topological polar surface area (TPSA) is 35.1 Å². The summed E-state index contributed by atoms with van der Waals surface area (Å²) in [5.74, 6) is 1.68. The maximum atomic E-state index is 5.48. The van der Waals surface area contributed by atoms with Gasteiger partial charge in [0.2, 0.25) is 6.79 Å². The smallest absolute Gasteiger partial charge is 0.231 e. The highest BCUT2D eigenvalue weighted by Gasteiger charge is 2.18. The Bertz CT molecular complexity index is 763. The van der Waals surface area contributed by atoms with Gasteiger partial charge in [-0.15, -0.1) is 0 Å². The molecule has 4 rings (SSSR count). The monoisotopic (exact) mass is 318 g/mol. The molecule has 3 nitrogen and oxygen atoms in total. The van der Waals surface area contributed by atoms with Crippen LogP contribution < -0.4 is 14.8 Å². The first kappa shape index (κ1) is 14.8. The zero-order valence-electron chi connectivity index (χ0n) is 13.4. The van der Waals surface area contributed by atoms with E-state index in [0.29, 0.717) is 6.79 Å². The molecule has 2 N–H and O–H groups in total. The van der Waals surface area contributed by atoms with Crippen molar-refractivity contribution in [3.05, 3.63) is 95.6 Å². The quantitative estimate of drug-likeness (QED) is 0.783. The molecular formula is C21H20NO2+. The van der Waals surface area contributed by atoms with Crippen LogP contribution in [0, 0.1) is 0 Å². The van der Waals surface area contributed by atoms with E-state index in [2.05, 4.69) is 78.1 Å². The van der Waals surface area contributed by atoms with Crippen molar-refractivity contribution in [2.45, 2.75) is 12.6 Å². The van der Waals surface area contributed by atoms with Crippen molar-refractivity contribution in [1.82, 2.24) is 0 Å². The molecule has 24 heavy (non-hydrogen) atoms. The Hall–Kier alpha value is -2.78. The molecule has 0 atom stereocenters. The van der Waals surface area contributed by atoms with Crippen molar-refractivity contribution in [3.8, 4) is 11.5 Å². The zero-order valence-corrected chi connectivity index (χ0v) is 13.4. The Labute approximate surface area is 141 Å². The van der Waals surface area contributed by atoms with Crippen LogP contribution in [0.2, 0.25) is 0 Å². The summed E-state index contributed by atoms with van der Waals surface area (Å²) < 4.78 is 10.9. The standard InChI is InChI=1S/C21H19NO2/c1-3-7-17(8-4-1)21(18-9-5-2-6-10-18)22-14-16-11-12-19-20(13-16)24-15-23-19/h1-13,21-22H,14-15H2/p+1.